The highest BCUT2D eigenvalue weighted by Crippen LogP contribution is 2.36. The van der Waals surface area contributed by atoms with Gasteiger partial charge in [0.2, 0.25) is 5.91 Å². The summed E-state index contributed by atoms with van der Waals surface area (Å²) in [6, 6.07) is 7.49. The van der Waals surface area contributed by atoms with Gasteiger partial charge in [-0.05, 0) is 18.2 Å². The van der Waals surface area contributed by atoms with Crippen molar-refractivity contribution in [1.82, 2.24) is 9.97 Å². The number of rotatable bonds is 1. The van der Waals surface area contributed by atoms with E-state index in [1.165, 1.54) is 6.33 Å². The Labute approximate surface area is 117 Å². The topological polar surface area (TPSA) is 46.1 Å². The van der Waals surface area contributed by atoms with E-state index >= 15 is 0 Å². The lowest BCUT2D eigenvalue weighted by Crippen LogP contribution is -2.21. The minimum Gasteiger partial charge on any atom is -0.274 e. The monoisotopic (exact) mass is 323 g/mol. The number of hydrogen-bond acceptors (Lipinski definition) is 3. The van der Waals surface area contributed by atoms with Gasteiger partial charge in [-0.3, -0.25) is 9.69 Å². The van der Waals surface area contributed by atoms with Gasteiger partial charge in [-0.1, -0.05) is 33.6 Å². The largest absolute Gasteiger partial charge is 0.274 e. The molecule has 0 bridgehead atoms. The SMILES string of the molecule is O=C1Cc2c(Cl)ncnc2N1c1cccc(Br)c1. The molecule has 2 aromatic rings. The van der Waals surface area contributed by atoms with Gasteiger partial charge in [0.25, 0.3) is 0 Å². The standard InChI is InChI=1S/C12H7BrClN3O/c13-7-2-1-3-8(4-7)17-10(18)5-9-11(14)15-6-16-12(9)17/h1-4,6H,5H2. The number of hydrogen-bond donors (Lipinski definition) is 0. The zero-order chi connectivity index (χ0) is 12.7. The van der Waals surface area contributed by atoms with Crippen molar-refractivity contribution in [1.29, 1.82) is 0 Å². The third-order valence-corrected chi connectivity index (χ3v) is 3.54. The van der Waals surface area contributed by atoms with Crippen molar-refractivity contribution in [3.8, 4) is 0 Å². The molecule has 1 aliphatic rings. The fraction of sp³-hybridized carbons (Fsp3) is 0.0833. The molecule has 0 saturated carbocycles. The average molecular weight is 325 g/mol. The number of aromatic nitrogens is 2. The number of amides is 1. The van der Waals surface area contributed by atoms with Crippen molar-refractivity contribution >= 4 is 44.9 Å². The van der Waals surface area contributed by atoms with Crippen LogP contribution in [0, 0.1) is 0 Å². The summed E-state index contributed by atoms with van der Waals surface area (Å²) in [5, 5.41) is 0.339. The summed E-state index contributed by atoms with van der Waals surface area (Å²) in [5.74, 6) is 0.517. The first-order valence-corrected chi connectivity index (χ1v) is 6.42. The predicted molar refractivity (Wildman–Crippen MR) is 72.0 cm³/mol. The fourth-order valence-electron chi connectivity index (χ4n) is 1.96. The van der Waals surface area contributed by atoms with Gasteiger partial charge in [0.1, 0.15) is 17.3 Å². The number of fused-ring (bicyclic) bond motifs is 1. The van der Waals surface area contributed by atoms with Crippen LogP contribution in [-0.2, 0) is 11.2 Å². The third kappa shape index (κ3) is 1.79. The summed E-state index contributed by atoms with van der Waals surface area (Å²) in [5.41, 5.74) is 1.45. The molecule has 0 N–H and O–H groups in total. The summed E-state index contributed by atoms with van der Waals surface area (Å²) < 4.78 is 0.904. The van der Waals surface area contributed by atoms with Crippen LogP contribution < -0.4 is 4.90 Å². The van der Waals surface area contributed by atoms with Crippen LogP contribution in [0.2, 0.25) is 5.15 Å². The highest BCUT2D eigenvalue weighted by Gasteiger charge is 2.32. The lowest BCUT2D eigenvalue weighted by Gasteiger charge is -2.16. The summed E-state index contributed by atoms with van der Waals surface area (Å²) >= 11 is 9.37. The lowest BCUT2D eigenvalue weighted by atomic mass is 10.3. The summed E-state index contributed by atoms with van der Waals surface area (Å²) in [4.78, 5) is 21.7. The number of nitrogens with zero attached hydrogens (tertiary/aromatic N) is 3. The van der Waals surface area contributed by atoms with E-state index in [4.69, 9.17) is 11.6 Å². The maximum Gasteiger partial charge on any atom is 0.237 e. The van der Waals surface area contributed by atoms with Crippen molar-refractivity contribution in [2.45, 2.75) is 6.42 Å². The zero-order valence-electron chi connectivity index (χ0n) is 9.10. The number of halogens is 2. The van der Waals surface area contributed by atoms with Gasteiger partial charge >= 0.3 is 0 Å². The normalized spacial score (nSPS) is 13.9. The molecule has 0 spiro atoms. The van der Waals surface area contributed by atoms with Crippen LogP contribution in [0.1, 0.15) is 5.56 Å². The van der Waals surface area contributed by atoms with Crippen LogP contribution >= 0.6 is 27.5 Å². The Hall–Kier alpha value is -1.46. The van der Waals surface area contributed by atoms with Crippen molar-refractivity contribution in [2.75, 3.05) is 4.90 Å². The van der Waals surface area contributed by atoms with Gasteiger partial charge in [0, 0.05) is 10.0 Å². The van der Waals surface area contributed by atoms with E-state index < -0.39 is 0 Å². The van der Waals surface area contributed by atoms with Crippen molar-refractivity contribution in [3.63, 3.8) is 0 Å². The van der Waals surface area contributed by atoms with Crippen molar-refractivity contribution in [2.24, 2.45) is 0 Å². The lowest BCUT2D eigenvalue weighted by molar-refractivity contribution is -0.116. The van der Waals surface area contributed by atoms with Crippen molar-refractivity contribution in [3.05, 3.63) is 45.8 Å². The predicted octanol–water partition coefficient (Wildman–Crippen LogP) is 3.11. The molecule has 0 saturated heterocycles. The first kappa shape index (κ1) is 11.6. The maximum absolute atomic E-state index is 12.1. The molecule has 0 unspecified atom stereocenters. The minimum absolute atomic E-state index is 0.0505. The molecule has 0 atom stereocenters. The van der Waals surface area contributed by atoms with Crippen LogP contribution in [-0.4, -0.2) is 15.9 Å². The van der Waals surface area contributed by atoms with Gasteiger partial charge in [-0.15, -0.1) is 0 Å². The molecular formula is C12H7BrClN3O. The van der Waals surface area contributed by atoms with E-state index in [0.29, 0.717) is 16.5 Å². The molecule has 6 heteroatoms. The van der Waals surface area contributed by atoms with Gasteiger partial charge in [-0.2, -0.15) is 0 Å². The smallest absolute Gasteiger partial charge is 0.237 e. The molecule has 3 rings (SSSR count). The Morgan fingerprint density at radius 1 is 1.33 bits per heavy atom. The second-order valence-electron chi connectivity index (χ2n) is 3.85. The third-order valence-electron chi connectivity index (χ3n) is 2.73. The molecule has 90 valence electrons. The maximum atomic E-state index is 12.1. The number of benzene rings is 1. The molecule has 1 aromatic heterocycles. The molecule has 2 heterocycles. The van der Waals surface area contributed by atoms with E-state index in [-0.39, 0.29) is 12.3 Å². The van der Waals surface area contributed by atoms with Gasteiger partial charge in [0.05, 0.1) is 12.1 Å². The first-order chi connectivity index (χ1) is 8.66. The van der Waals surface area contributed by atoms with Crippen LogP contribution in [0.5, 0.6) is 0 Å². The van der Waals surface area contributed by atoms with E-state index in [0.717, 1.165) is 10.2 Å². The Kier molecular flexibility index (Phi) is 2.80. The van der Waals surface area contributed by atoms with Crippen LogP contribution in [0.3, 0.4) is 0 Å². The van der Waals surface area contributed by atoms with E-state index in [9.17, 15) is 4.79 Å². The number of carbonyl (C=O) groups excluding carboxylic acids is 1. The zero-order valence-corrected chi connectivity index (χ0v) is 11.4. The first-order valence-electron chi connectivity index (χ1n) is 5.24. The molecule has 1 aliphatic heterocycles. The summed E-state index contributed by atoms with van der Waals surface area (Å²) in [7, 11) is 0. The Morgan fingerprint density at radius 2 is 2.17 bits per heavy atom. The van der Waals surface area contributed by atoms with Gasteiger partial charge < -0.3 is 0 Å². The summed E-state index contributed by atoms with van der Waals surface area (Å²) in [6.07, 6.45) is 1.60. The van der Waals surface area contributed by atoms with Gasteiger partial charge in [-0.25, -0.2) is 9.97 Å². The second-order valence-corrected chi connectivity index (χ2v) is 5.13. The molecule has 1 aromatic carbocycles. The molecular weight excluding hydrogens is 318 g/mol. The van der Waals surface area contributed by atoms with Crippen molar-refractivity contribution < 1.29 is 4.79 Å². The summed E-state index contributed by atoms with van der Waals surface area (Å²) in [6.45, 7) is 0. The quantitative estimate of drug-likeness (QED) is 0.757. The minimum atomic E-state index is -0.0505. The molecule has 0 radical (unpaired) electrons. The average Bonchev–Trinajstić information content (AvgIpc) is 2.67. The van der Waals surface area contributed by atoms with Crippen LogP contribution in [0.15, 0.2) is 35.1 Å². The molecule has 0 aliphatic carbocycles. The number of anilines is 2. The molecule has 18 heavy (non-hydrogen) atoms. The Bertz CT molecular complexity index is 647. The molecule has 4 nitrogen and oxygen atoms in total. The highest BCUT2D eigenvalue weighted by atomic mass is 79.9. The van der Waals surface area contributed by atoms with E-state index in [1.54, 1.807) is 4.90 Å². The van der Waals surface area contributed by atoms with Crippen LogP contribution in [0.4, 0.5) is 11.5 Å². The second kappa shape index (κ2) is 4.33. The molecule has 1 amide bonds. The molecule has 0 fully saturated rings. The fourth-order valence-corrected chi connectivity index (χ4v) is 2.54. The number of carbonyl (C=O) groups is 1. The van der Waals surface area contributed by atoms with Gasteiger partial charge in [0.15, 0.2) is 0 Å². The van der Waals surface area contributed by atoms with E-state index in [1.807, 2.05) is 24.3 Å². The Morgan fingerprint density at radius 3 is 2.94 bits per heavy atom. The van der Waals surface area contributed by atoms with Crippen LogP contribution in [0.25, 0.3) is 0 Å². The Balaban J connectivity index is 2.15. The highest BCUT2D eigenvalue weighted by molar-refractivity contribution is 9.10. The van der Waals surface area contributed by atoms with E-state index in [2.05, 4.69) is 25.9 Å².